The molecule has 0 aliphatic carbocycles. The molecule has 218 valence electrons. The van der Waals surface area contributed by atoms with Crippen LogP contribution in [0.2, 0.25) is 0 Å². The molecule has 0 fully saturated rings. The summed E-state index contributed by atoms with van der Waals surface area (Å²) in [5.74, 6) is 0.252. The molecule has 47 heavy (non-hydrogen) atoms. The van der Waals surface area contributed by atoms with Crippen LogP contribution in [0.5, 0.6) is 0 Å². The van der Waals surface area contributed by atoms with Gasteiger partial charge in [0, 0.05) is 37.9 Å². The average Bonchev–Trinajstić information content (AvgIpc) is 3.75. The Hall–Kier alpha value is -6.33. The lowest BCUT2D eigenvalue weighted by Crippen LogP contribution is -2.05. The minimum Gasteiger partial charge on any atom is -0.294 e. The van der Waals surface area contributed by atoms with E-state index in [9.17, 15) is 4.39 Å². The minimum atomic E-state index is -0.297. The molecule has 4 nitrogen and oxygen atoms in total. The Labute approximate surface area is 266 Å². The van der Waals surface area contributed by atoms with Gasteiger partial charge in [-0.2, -0.15) is 0 Å². The summed E-state index contributed by atoms with van der Waals surface area (Å²) in [4.78, 5) is 10.5. The van der Waals surface area contributed by atoms with Crippen molar-refractivity contribution in [2.45, 2.75) is 0 Å². The van der Waals surface area contributed by atoms with Crippen molar-refractivity contribution < 1.29 is 4.39 Å². The van der Waals surface area contributed by atoms with Crippen LogP contribution in [0, 0.1) is 5.82 Å². The van der Waals surface area contributed by atoms with Crippen molar-refractivity contribution in [2.24, 2.45) is 0 Å². The zero-order valence-electron chi connectivity index (χ0n) is 24.9. The fraction of sp³-hybridized carbons (Fsp3) is 0. The standard InChI is InChI=1S/C42H23FN4/c43-27-13-9-12-26(22-27)39-30-16-5-7-18-33(30)44-42(45-39)47-35-21-20-24-10-1-3-14-28(24)37(35)38-32-23-25-11-2-4-15-29(25)36-31-17-6-8-19-34(31)46(40(32)36)41(38)47/h1-23H. The van der Waals surface area contributed by atoms with Crippen molar-refractivity contribution in [1.29, 1.82) is 0 Å². The van der Waals surface area contributed by atoms with Crippen molar-refractivity contribution >= 4 is 81.6 Å². The van der Waals surface area contributed by atoms with E-state index in [1.807, 2.05) is 30.3 Å². The van der Waals surface area contributed by atoms with E-state index in [4.69, 9.17) is 9.97 Å². The van der Waals surface area contributed by atoms with Gasteiger partial charge in [-0.05, 0) is 57.9 Å². The molecular weight excluding hydrogens is 579 g/mol. The van der Waals surface area contributed by atoms with Crippen LogP contribution in [0.1, 0.15) is 0 Å². The molecule has 0 radical (unpaired) electrons. The number of halogens is 1. The van der Waals surface area contributed by atoms with Crippen LogP contribution in [0.3, 0.4) is 0 Å². The van der Waals surface area contributed by atoms with Gasteiger partial charge in [-0.1, -0.05) is 103 Å². The fourth-order valence-corrected chi connectivity index (χ4v) is 7.99. The van der Waals surface area contributed by atoms with Crippen LogP contribution in [-0.4, -0.2) is 18.9 Å². The molecule has 11 aromatic rings. The third kappa shape index (κ3) is 3.20. The number of benzene rings is 7. The highest BCUT2D eigenvalue weighted by molar-refractivity contribution is 6.37. The smallest absolute Gasteiger partial charge is 0.236 e. The van der Waals surface area contributed by atoms with Gasteiger partial charge in [0.25, 0.3) is 0 Å². The monoisotopic (exact) mass is 602 g/mol. The molecule has 0 atom stereocenters. The Morgan fingerprint density at radius 2 is 1.21 bits per heavy atom. The highest BCUT2D eigenvalue weighted by Gasteiger charge is 2.27. The summed E-state index contributed by atoms with van der Waals surface area (Å²) in [5, 5.41) is 11.7. The van der Waals surface area contributed by atoms with Gasteiger partial charge in [0.15, 0.2) is 0 Å². The number of hydrogen-bond acceptors (Lipinski definition) is 2. The summed E-state index contributed by atoms with van der Waals surface area (Å²) in [5.41, 5.74) is 6.60. The Balaban J connectivity index is 1.43. The summed E-state index contributed by atoms with van der Waals surface area (Å²) < 4.78 is 19.3. The second-order valence-corrected chi connectivity index (χ2v) is 12.3. The van der Waals surface area contributed by atoms with E-state index in [-0.39, 0.29) is 5.82 Å². The van der Waals surface area contributed by atoms with Crippen molar-refractivity contribution in [1.82, 2.24) is 18.9 Å². The van der Waals surface area contributed by atoms with Crippen LogP contribution < -0.4 is 0 Å². The second-order valence-electron chi connectivity index (χ2n) is 12.3. The predicted molar refractivity (Wildman–Crippen MR) is 191 cm³/mol. The van der Waals surface area contributed by atoms with Crippen molar-refractivity contribution in [2.75, 3.05) is 0 Å². The summed E-state index contributed by atoms with van der Waals surface area (Å²) in [7, 11) is 0. The maximum absolute atomic E-state index is 14.6. The molecule has 4 heterocycles. The first-order chi connectivity index (χ1) is 23.2. The highest BCUT2D eigenvalue weighted by atomic mass is 19.1. The summed E-state index contributed by atoms with van der Waals surface area (Å²) in [6, 6.07) is 47.3. The van der Waals surface area contributed by atoms with Gasteiger partial charge in [0.1, 0.15) is 11.5 Å². The van der Waals surface area contributed by atoms with E-state index in [1.54, 1.807) is 12.1 Å². The normalized spacial score (nSPS) is 12.4. The van der Waals surface area contributed by atoms with Crippen LogP contribution in [0.4, 0.5) is 4.39 Å². The Morgan fingerprint density at radius 1 is 0.489 bits per heavy atom. The molecule has 0 aliphatic heterocycles. The Bertz CT molecular complexity index is 3090. The Morgan fingerprint density at radius 3 is 2.06 bits per heavy atom. The fourth-order valence-electron chi connectivity index (χ4n) is 7.99. The summed E-state index contributed by atoms with van der Waals surface area (Å²) in [6.07, 6.45) is 0. The zero-order valence-corrected chi connectivity index (χ0v) is 24.9. The molecule has 0 saturated carbocycles. The van der Waals surface area contributed by atoms with Gasteiger partial charge in [0.2, 0.25) is 5.95 Å². The van der Waals surface area contributed by atoms with Gasteiger partial charge in [0.05, 0.1) is 27.8 Å². The lowest BCUT2D eigenvalue weighted by molar-refractivity contribution is 0.628. The lowest BCUT2D eigenvalue weighted by Gasteiger charge is -2.12. The molecule has 0 aliphatic rings. The molecule has 0 spiro atoms. The predicted octanol–water partition coefficient (Wildman–Crippen LogP) is 10.8. The third-order valence-electron chi connectivity index (χ3n) is 9.86. The summed E-state index contributed by atoms with van der Waals surface area (Å²) in [6.45, 7) is 0. The van der Waals surface area contributed by atoms with Gasteiger partial charge >= 0.3 is 0 Å². The minimum absolute atomic E-state index is 0.297. The molecule has 0 saturated heterocycles. The summed E-state index contributed by atoms with van der Waals surface area (Å²) >= 11 is 0. The molecular formula is C42H23FN4. The molecule has 4 aromatic heterocycles. The van der Waals surface area contributed by atoms with Gasteiger partial charge in [-0.3, -0.25) is 8.97 Å². The van der Waals surface area contributed by atoms with Crippen molar-refractivity contribution in [3.63, 3.8) is 0 Å². The largest absolute Gasteiger partial charge is 0.294 e. The van der Waals surface area contributed by atoms with Crippen LogP contribution in [0.25, 0.3) is 98.8 Å². The first kappa shape index (κ1) is 24.9. The van der Waals surface area contributed by atoms with E-state index in [0.29, 0.717) is 17.2 Å². The topological polar surface area (TPSA) is 35.1 Å². The number of para-hydroxylation sites is 2. The van der Waals surface area contributed by atoms with Crippen molar-refractivity contribution in [3.05, 3.63) is 145 Å². The molecule has 5 heteroatoms. The van der Waals surface area contributed by atoms with E-state index < -0.39 is 0 Å². The van der Waals surface area contributed by atoms with Gasteiger partial charge in [-0.15, -0.1) is 0 Å². The highest BCUT2D eigenvalue weighted by Crippen LogP contribution is 2.48. The van der Waals surface area contributed by atoms with Crippen LogP contribution >= 0.6 is 0 Å². The van der Waals surface area contributed by atoms with E-state index in [0.717, 1.165) is 27.6 Å². The zero-order chi connectivity index (χ0) is 30.8. The number of aromatic nitrogens is 4. The number of hydrogen-bond donors (Lipinski definition) is 0. The molecule has 7 aromatic carbocycles. The maximum atomic E-state index is 14.6. The Kier molecular flexibility index (Phi) is 4.72. The number of nitrogens with zero attached hydrogens (tertiary/aromatic N) is 4. The molecule has 11 rings (SSSR count). The SMILES string of the molecule is Fc1cccc(-c2nc(-n3c4ccc5ccccc5c4c4c5cc6ccccc6c6c7ccccc7n(c56)c43)nc3ccccc23)c1. The second kappa shape index (κ2) is 8.89. The van der Waals surface area contributed by atoms with E-state index >= 15 is 0 Å². The average molecular weight is 603 g/mol. The first-order valence-corrected chi connectivity index (χ1v) is 15.8. The third-order valence-corrected chi connectivity index (χ3v) is 9.86. The number of rotatable bonds is 2. The number of fused-ring (bicyclic) bond motifs is 13. The van der Waals surface area contributed by atoms with Crippen LogP contribution in [-0.2, 0) is 0 Å². The van der Waals surface area contributed by atoms with E-state index in [2.05, 4.69) is 100.0 Å². The quantitative estimate of drug-likeness (QED) is 0.197. The molecule has 0 amide bonds. The lowest BCUT2D eigenvalue weighted by atomic mass is 9.99. The van der Waals surface area contributed by atoms with Gasteiger partial charge < -0.3 is 0 Å². The van der Waals surface area contributed by atoms with Gasteiger partial charge in [-0.25, -0.2) is 14.4 Å². The van der Waals surface area contributed by atoms with Crippen LogP contribution in [0.15, 0.2) is 140 Å². The van der Waals surface area contributed by atoms with E-state index in [1.165, 1.54) is 60.1 Å². The molecule has 0 bridgehead atoms. The molecule has 0 unspecified atom stereocenters. The maximum Gasteiger partial charge on any atom is 0.236 e. The molecule has 0 N–H and O–H groups in total. The first-order valence-electron chi connectivity index (χ1n) is 15.8. The van der Waals surface area contributed by atoms with Crippen molar-refractivity contribution in [3.8, 4) is 17.2 Å².